The van der Waals surface area contributed by atoms with Gasteiger partial charge in [-0.2, -0.15) is 13.2 Å². The number of ether oxygens (including phenoxy) is 1. The summed E-state index contributed by atoms with van der Waals surface area (Å²) in [5.74, 6) is 0. The number of hydrogen-bond donors (Lipinski definition) is 1. The smallest absolute Gasteiger partial charge is 0.392 e. The van der Waals surface area contributed by atoms with Crippen molar-refractivity contribution in [2.75, 3.05) is 6.61 Å². The van der Waals surface area contributed by atoms with Gasteiger partial charge in [-0.1, -0.05) is 19.6 Å². The molecule has 19 heavy (non-hydrogen) atoms. The second kappa shape index (κ2) is 6.11. The third-order valence-corrected chi connectivity index (χ3v) is 4.38. The van der Waals surface area contributed by atoms with Crippen molar-refractivity contribution in [2.24, 2.45) is 0 Å². The SMILES string of the molecule is C[Si](C)(C)CCOCn1cc(CO)c(C(F)(F)F)c1. The predicted octanol–water partition coefficient (Wildman–Crippen LogP) is 3.31. The van der Waals surface area contributed by atoms with Crippen molar-refractivity contribution in [2.45, 2.75) is 45.2 Å². The second-order valence-electron chi connectivity index (χ2n) is 5.72. The summed E-state index contributed by atoms with van der Waals surface area (Å²) in [7, 11) is -1.19. The minimum absolute atomic E-state index is 0.0769. The Morgan fingerprint density at radius 3 is 2.32 bits per heavy atom. The van der Waals surface area contributed by atoms with E-state index in [0.29, 0.717) is 6.61 Å². The first kappa shape index (κ1) is 16.3. The standard InChI is InChI=1S/C12H20F3NO2Si/c1-19(2,3)5-4-18-9-16-6-10(8-17)11(7-16)12(13,14)15/h6-7,17H,4-5,8-9H2,1-3H3. The number of rotatable bonds is 6. The van der Waals surface area contributed by atoms with E-state index in [9.17, 15) is 13.2 Å². The number of aromatic nitrogens is 1. The van der Waals surface area contributed by atoms with Gasteiger partial charge >= 0.3 is 6.18 Å². The maximum Gasteiger partial charge on any atom is 0.418 e. The Labute approximate surface area is 112 Å². The van der Waals surface area contributed by atoms with E-state index in [1.165, 1.54) is 10.8 Å². The molecule has 0 atom stereocenters. The fourth-order valence-corrected chi connectivity index (χ4v) is 2.32. The summed E-state index contributed by atoms with van der Waals surface area (Å²) < 4.78 is 44.6. The van der Waals surface area contributed by atoms with E-state index in [2.05, 4.69) is 19.6 Å². The number of halogens is 3. The van der Waals surface area contributed by atoms with Gasteiger partial charge < -0.3 is 14.4 Å². The molecule has 0 unspecified atom stereocenters. The summed E-state index contributed by atoms with van der Waals surface area (Å²) in [4.78, 5) is 0. The van der Waals surface area contributed by atoms with Crippen molar-refractivity contribution in [3.8, 4) is 0 Å². The van der Waals surface area contributed by atoms with Crippen molar-refractivity contribution in [3.05, 3.63) is 23.5 Å². The molecule has 0 radical (unpaired) electrons. The van der Waals surface area contributed by atoms with Gasteiger partial charge in [-0.25, -0.2) is 0 Å². The minimum Gasteiger partial charge on any atom is -0.392 e. The first-order chi connectivity index (χ1) is 8.63. The van der Waals surface area contributed by atoms with Gasteiger partial charge in [0, 0.05) is 32.6 Å². The highest BCUT2D eigenvalue weighted by atomic mass is 28.3. The molecular weight excluding hydrogens is 275 g/mol. The highest BCUT2D eigenvalue weighted by molar-refractivity contribution is 6.76. The molecule has 0 aromatic carbocycles. The van der Waals surface area contributed by atoms with Crippen LogP contribution in [-0.4, -0.2) is 24.4 Å². The molecule has 0 saturated heterocycles. The molecule has 0 bridgehead atoms. The average molecular weight is 295 g/mol. The Morgan fingerprint density at radius 1 is 1.26 bits per heavy atom. The fraction of sp³-hybridized carbons (Fsp3) is 0.667. The Kier molecular flexibility index (Phi) is 5.23. The van der Waals surface area contributed by atoms with Crippen LogP contribution in [0.1, 0.15) is 11.1 Å². The number of aliphatic hydroxyl groups is 1. The molecule has 0 aliphatic heterocycles. The molecule has 0 saturated carbocycles. The molecular formula is C12H20F3NO2Si. The van der Waals surface area contributed by atoms with Gasteiger partial charge in [-0.05, 0) is 6.04 Å². The first-order valence-electron chi connectivity index (χ1n) is 6.08. The van der Waals surface area contributed by atoms with Crippen LogP contribution < -0.4 is 0 Å². The van der Waals surface area contributed by atoms with Crippen LogP contribution >= 0.6 is 0 Å². The van der Waals surface area contributed by atoms with Crippen molar-refractivity contribution < 1.29 is 23.0 Å². The lowest BCUT2D eigenvalue weighted by Crippen LogP contribution is -2.21. The molecule has 0 amide bonds. The topological polar surface area (TPSA) is 34.4 Å². The van der Waals surface area contributed by atoms with Crippen LogP contribution in [0.4, 0.5) is 13.2 Å². The van der Waals surface area contributed by atoms with Crippen LogP contribution in [0.3, 0.4) is 0 Å². The summed E-state index contributed by atoms with van der Waals surface area (Å²) in [5, 5.41) is 8.92. The summed E-state index contributed by atoms with van der Waals surface area (Å²) >= 11 is 0. The zero-order valence-electron chi connectivity index (χ0n) is 11.4. The highest BCUT2D eigenvalue weighted by Gasteiger charge is 2.34. The summed E-state index contributed by atoms with van der Waals surface area (Å²) in [6.07, 6.45) is -2.20. The van der Waals surface area contributed by atoms with Gasteiger partial charge in [0.25, 0.3) is 0 Å². The van der Waals surface area contributed by atoms with E-state index in [4.69, 9.17) is 9.84 Å². The van der Waals surface area contributed by atoms with Gasteiger partial charge in [0.1, 0.15) is 6.73 Å². The Balaban J connectivity index is 2.58. The van der Waals surface area contributed by atoms with Crippen molar-refractivity contribution >= 4 is 8.07 Å². The predicted molar refractivity (Wildman–Crippen MR) is 69.5 cm³/mol. The zero-order valence-corrected chi connectivity index (χ0v) is 12.4. The second-order valence-corrected chi connectivity index (χ2v) is 11.3. The molecule has 0 fully saturated rings. The molecule has 1 aromatic rings. The number of hydrogen-bond acceptors (Lipinski definition) is 2. The molecule has 1 aromatic heterocycles. The third-order valence-electron chi connectivity index (χ3n) is 2.68. The number of aliphatic hydroxyl groups excluding tert-OH is 1. The molecule has 7 heteroatoms. The fourth-order valence-electron chi connectivity index (χ4n) is 1.56. The molecule has 0 aliphatic rings. The zero-order chi connectivity index (χ0) is 14.7. The van der Waals surface area contributed by atoms with Gasteiger partial charge in [0.2, 0.25) is 0 Å². The lowest BCUT2D eigenvalue weighted by molar-refractivity contribution is -0.138. The molecule has 1 rings (SSSR count). The van der Waals surface area contributed by atoms with Crippen molar-refractivity contribution in [1.82, 2.24) is 4.57 Å². The van der Waals surface area contributed by atoms with Gasteiger partial charge in [-0.3, -0.25) is 0 Å². The molecule has 3 nitrogen and oxygen atoms in total. The lowest BCUT2D eigenvalue weighted by Gasteiger charge is -2.15. The van der Waals surface area contributed by atoms with E-state index >= 15 is 0 Å². The maximum atomic E-state index is 12.6. The van der Waals surface area contributed by atoms with Crippen molar-refractivity contribution in [1.29, 1.82) is 0 Å². The molecule has 110 valence electrons. The van der Waals surface area contributed by atoms with E-state index in [-0.39, 0.29) is 12.3 Å². The molecule has 1 heterocycles. The van der Waals surface area contributed by atoms with Crippen LogP contribution in [0.5, 0.6) is 0 Å². The first-order valence-corrected chi connectivity index (χ1v) is 9.78. The van der Waals surface area contributed by atoms with Crippen molar-refractivity contribution in [3.63, 3.8) is 0 Å². The normalized spacial score (nSPS) is 13.0. The quantitative estimate of drug-likeness (QED) is 0.645. The Morgan fingerprint density at radius 2 is 1.89 bits per heavy atom. The van der Waals surface area contributed by atoms with Gasteiger partial charge in [0.15, 0.2) is 0 Å². The van der Waals surface area contributed by atoms with Crippen LogP contribution in [0, 0.1) is 0 Å². The number of alkyl halides is 3. The third kappa shape index (κ3) is 5.38. The van der Waals surface area contributed by atoms with E-state index in [1.54, 1.807) is 0 Å². The molecule has 0 aliphatic carbocycles. The summed E-state index contributed by atoms with van der Waals surface area (Å²) in [5.41, 5.74) is -0.926. The Bertz CT molecular complexity index is 410. The van der Waals surface area contributed by atoms with E-state index < -0.39 is 26.4 Å². The Hall–Kier alpha value is -0.793. The van der Waals surface area contributed by atoms with Crippen LogP contribution in [0.25, 0.3) is 0 Å². The average Bonchev–Trinajstić information content (AvgIpc) is 2.66. The largest absolute Gasteiger partial charge is 0.418 e. The lowest BCUT2D eigenvalue weighted by atomic mass is 10.2. The van der Waals surface area contributed by atoms with Crippen LogP contribution in [0.15, 0.2) is 12.4 Å². The van der Waals surface area contributed by atoms with Crippen LogP contribution in [0.2, 0.25) is 25.7 Å². The van der Waals surface area contributed by atoms with E-state index in [1.807, 2.05) is 0 Å². The molecule has 0 spiro atoms. The minimum atomic E-state index is -4.44. The number of nitrogens with zero attached hydrogens (tertiary/aromatic N) is 1. The van der Waals surface area contributed by atoms with Gasteiger partial charge in [0.05, 0.1) is 12.2 Å². The van der Waals surface area contributed by atoms with Gasteiger partial charge in [-0.15, -0.1) is 0 Å². The summed E-state index contributed by atoms with van der Waals surface area (Å²) in [6, 6.07) is 0.966. The highest BCUT2D eigenvalue weighted by Crippen LogP contribution is 2.32. The van der Waals surface area contributed by atoms with Crippen LogP contribution in [-0.2, 0) is 24.3 Å². The monoisotopic (exact) mass is 295 g/mol. The van der Waals surface area contributed by atoms with E-state index in [0.717, 1.165) is 12.2 Å². The maximum absolute atomic E-state index is 12.6. The molecule has 1 N–H and O–H groups in total. The summed E-state index contributed by atoms with van der Waals surface area (Å²) in [6.45, 7) is 6.61.